The summed E-state index contributed by atoms with van der Waals surface area (Å²) in [5.74, 6) is -1.85. The maximum atomic E-state index is 11.7. The molecule has 1 heterocycles. The first-order valence-electron chi connectivity index (χ1n) is 7.48. The molecule has 0 aliphatic carbocycles. The van der Waals surface area contributed by atoms with Crippen molar-refractivity contribution < 1.29 is 26.4 Å². The summed E-state index contributed by atoms with van der Waals surface area (Å²) >= 11 is 0. The molecule has 25 heavy (non-hydrogen) atoms. The van der Waals surface area contributed by atoms with Gasteiger partial charge in [-0.1, -0.05) is 12.1 Å². The van der Waals surface area contributed by atoms with Crippen LogP contribution in [0.25, 0.3) is 0 Å². The van der Waals surface area contributed by atoms with E-state index in [0.29, 0.717) is 12.8 Å². The van der Waals surface area contributed by atoms with Gasteiger partial charge in [0.05, 0.1) is 16.4 Å². The van der Waals surface area contributed by atoms with Crippen LogP contribution in [0.5, 0.6) is 0 Å². The average Bonchev–Trinajstić information content (AvgIpc) is 2.85. The van der Waals surface area contributed by atoms with E-state index in [1.165, 1.54) is 12.1 Å². The van der Waals surface area contributed by atoms with Gasteiger partial charge in [-0.15, -0.1) is 0 Å². The van der Waals surface area contributed by atoms with E-state index in [1.807, 2.05) is 0 Å². The Balaban J connectivity index is 1.77. The second kappa shape index (κ2) is 7.50. The molecule has 2 rings (SSSR count). The third-order valence-corrected chi connectivity index (χ3v) is 6.42. The summed E-state index contributed by atoms with van der Waals surface area (Å²) in [4.78, 5) is 23.4. The monoisotopic (exact) mass is 389 g/mol. The fraction of sp³-hybridized carbons (Fsp3) is 0.429. The van der Waals surface area contributed by atoms with Gasteiger partial charge in [0.15, 0.2) is 9.84 Å². The highest BCUT2D eigenvalue weighted by molar-refractivity contribution is 7.91. The number of benzene rings is 1. The normalized spacial score (nSPS) is 19.3. The predicted octanol–water partition coefficient (Wildman–Crippen LogP) is -1.70. The molecule has 9 nitrogen and oxygen atoms in total. The highest BCUT2D eigenvalue weighted by Gasteiger charge is 2.30. The molecule has 1 aromatic carbocycles. The van der Waals surface area contributed by atoms with Crippen molar-refractivity contribution in [2.24, 2.45) is 5.14 Å². The van der Waals surface area contributed by atoms with Crippen molar-refractivity contribution in [3.63, 3.8) is 0 Å². The van der Waals surface area contributed by atoms with Gasteiger partial charge in [0, 0.05) is 12.6 Å². The summed E-state index contributed by atoms with van der Waals surface area (Å²) in [6, 6.07) is 5.32. The zero-order valence-electron chi connectivity index (χ0n) is 13.3. The molecule has 138 valence electrons. The van der Waals surface area contributed by atoms with Crippen LogP contribution in [0.2, 0.25) is 0 Å². The highest BCUT2D eigenvalue weighted by atomic mass is 32.2. The fourth-order valence-electron chi connectivity index (χ4n) is 2.41. The lowest BCUT2D eigenvalue weighted by atomic mass is 10.1. The number of carbonyl (C=O) groups is 2. The van der Waals surface area contributed by atoms with Crippen molar-refractivity contribution in [2.45, 2.75) is 23.8 Å². The van der Waals surface area contributed by atoms with E-state index in [2.05, 4.69) is 10.6 Å². The van der Waals surface area contributed by atoms with E-state index < -0.39 is 37.7 Å². The van der Waals surface area contributed by atoms with E-state index in [1.54, 1.807) is 12.1 Å². The molecule has 1 saturated heterocycles. The van der Waals surface area contributed by atoms with Gasteiger partial charge in [0.2, 0.25) is 10.0 Å². The number of carbonyl (C=O) groups excluding carboxylic acids is 2. The number of amides is 2. The number of sulfone groups is 1. The zero-order valence-corrected chi connectivity index (χ0v) is 14.9. The minimum atomic E-state index is -3.75. The predicted molar refractivity (Wildman–Crippen MR) is 89.7 cm³/mol. The smallest absolute Gasteiger partial charge is 0.309 e. The highest BCUT2D eigenvalue weighted by Crippen LogP contribution is 2.11. The number of nitrogens with two attached hydrogens (primary N) is 1. The van der Waals surface area contributed by atoms with Crippen molar-refractivity contribution in [3.8, 4) is 0 Å². The maximum Gasteiger partial charge on any atom is 0.309 e. The van der Waals surface area contributed by atoms with Crippen LogP contribution < -0.4 is 15.8 Å². The topological polar surface area (TPSA) is 152 Å². The van der Waals surface area contributed by atoms with Gasteiger partial charge in [-0.2, -0.15) is 0 Å². The molecule has 2 amide bonds. The fourth-order valence-corrected chi connectivity index (χ4v) is 4.60. The minimum absolute atomic E-state index is 0.00802. The molecule has 0 aromatic heterocycles. The zero-order chi connectivity index (χ0) is 18.7. The number of rotatable bonds is 5. The Morgan fingerprint density at radius 2 is 1.80 bits per heavy atom. The summed E-state index contributed by atoms with van der Waals surface area (Å²) in [7, 11) is -6.88. The molecule has 1 unspecified atom stereocenters. The summed E-state index contributed by atoms with van der Waals surface area (Å²) in [6.45, 7) is 0.171. The third-order valence-electron chi connectivity index (χ3n) is 3.72. The molecule has 1 aliphatic heterocycles. The first-order chi connectivity index (χ1) is 11.6. The van der Waals surface area contributed by atoms with Crippen molar-refractivity contribution in [2.75, 3.05) is 18.1 Å². The van der Waals surface area contributed by atoms with Gasteiger partial charge in [-0.25, -0.2) is 22.0 Å². The van der Waals surface area contributed by atoms with Gasteiger partial charge in [0.1, 0.15) is 0 Å². The lowest BCUT2D eigenvalue weighted by Gasteiger charge is -2.10. The Morgan fingerprint density at radius 1 is 1.16 bits per heavy atom. The Morgan fingerprint density at radius 3 is 2.32 bits per heavy atom. The molecule has 1 aromatic rings. The summed E-state index contributed by atoms with van der Waals surface area (Å²) in [5.41, 5.74) is 0.759. The van der Waals surface area contributed by atoms with Crippen molar-refractivity contribution in [1.29, 1.82) is 0 Å². The molecular weight excluding hydrogens is 370 g/mol. The van der Waals surface area contributed by atoms with Gasteiger partial charge < -0.3 is 10.6 Å². The van der Waals surface area contributed by atoms with Crippen LogP contribution in [0.15, 0.2) is 29.2 Å². The number of hydrogen-bond donors (Lipinski definition) is 3. The van der Waals surface area contributed by atoms with E-state index in [9.17, 15) is 26.4 Å². The molecule has 0 saturated carbocycles. The van der Waals surface area contributed by atoms with Crippen LogP contribution in [0.3, 0.4) is 0 Å². The van der Waals surface area contributed by atoms with Gasteiger partial charge in [-0.05, 0) is 30.5 Å². The maximum absolute atomic E-state index is 11.7. The van der Waals surface area contributed by atoms with Crippen LogP contribution in [0.4, 0.5) is 0 Å². The van der Waals surface area contributed by atoms with Gasteiger partial charge >= 0.3 is 11.8 Å². The van der Waals surface area contributed by atoms with Crippen LogP contribution >= 0.6 is 0 Å². The largest absolute Gasteiger partial charge is 0.348 e. The van der Waals surface area contributed by atoms with Crippen LogP contribution in [-0.4, -0.2) is 52.7 Å². The van der Waals surface area contributed by atoms with Crippen LogP contribution in [0.1, 0.15) is 12.0 Å². The molecule has 11 heteroatoms. The van der Waals surface area contributed by atoms with E-state index in [4.69, 9.17) is 5.14 Å². The SMILES string of the molecule is NS(=O)(=O)c1ccc(CCNC(=O)C(=O)NC2CCS(=O)(=O)C2)cc1. The van der Waals surface area contributed by atoms with Crippen LogP contribution in [-0.2, 0) is 35.9 Å². The molecule has 1 aliphatic rings. The van der Waals surface area contributed by atoms with Crippen molar-refractivity contribution >= 4 is 31.7 Å². The molecule has 1 atom stereocenters. The number of sulfonamides is 1. The Labute approximate surface area is 145 Å². The summed E-state index contributed by atoms with van der Waals surface area (Å²) < 4.78 is 44.9. The Bertz CT molecular complexity index is 862. The molecule has 0 bridgehead atoms. The van der Waals surface area contributed by atoms with Gasteiger partial charge in [0.25, 0.3) is 0 Å². The quantitative estimate of drug-likeness (QED) is 0.510. The first-order valence-corrected chi connectivity index (χ1v) is 10.8. The number of hydrogen-bond acceptors (Lipinski definition) is 6. The molecule has 4 N–H and O–H groups in total. The first kappa shape index (κ1) is 19.3. The molecule has 0 spiro atoms. The minimum Gasteiger partial charge on any atom is -0.348 e. The standard InChI is InChI=1S/C14H19N3O6S2/c15-25(22,23)12-3-1-10(2-4-12)5-7-16-13(18)14(19)17-11-6-8-24(20,21)9-11/h1-4,11H,5-9H2,(H,16,18)(H,17,19)(H2,15,22,23). The Hall–Kier alpha value is -1.98. The third kappa shape index (κ3) is 5.80. The lowest BCUT2D eigenvalue weighted by molar-refractivity contribution is -0.139. The summed E-state index contributed by atoms with van der Waals surface area (Å²) in [5, 5.41) is 9.82. The van der Waals surface area contributed by atoms with Crippen LogP contribution in [0, 0.1) is 0 Å². The van der Waals surface area contributed by atoms with Crippen molar-refractivity contribution in [3.05, 3.63) is 29.8 Å². The lowest BCUT2D eigenvalue weighted by Crippen LogP contribution is -2.45. The summed E-state index contributed by atoms with van der Waals surface area (Å²) in [6.07, 6.45) is 0.694. The van der Waals surface area contributed by atoms with E-state index in [-0.39, 0.29) is 22.9 Å². The number of nitrogens with one attached hydrogen (secondary N) is 2. The van der Waals surface area contributed by atoms with Crippen molar-refractivity contribution in [1.82, 2.24) is 10.6 Å². The van der Waals surface area contributed by atoms with Gasteiger partial charge in [-0.3, -0.25) is 9.59 Å². The second-order valence-electron chi connectivity index (χ2n) is 5.77. The Kier molecular flexibility index (Phi) is 5.80. The second-order valence-corrected chi connectivity index (χ2v) is 9.56. The average molecular weight is 389 g/mol. The van der Waals surface area contributed by atoms with E-state index >= 15 is 0 Å². The molecule has 1 fully saturated rings. The molecule has 0 radical (unpaired) electrons. The number of primary sulfonamides is 1. The molecular formula is C14H19N3O6S2. The van der Waals surface area contributed by atoms with E-state index in [0.717, 1.165) is 5.56 Å².